The fourth-order valence-corrected chi connectivity index (χ4v) is 3.86. The average Bonchev–Trinajstić information content (AvgIpc) is 3.24. The van der Waals surface area contributed by atoms with Crippen LogP contribution in [0.1, 0.15) is 18.7 Å². The largest absolute Gasteiger partial charge is 0.383 e. The SMILES string of the molecule is COCCn1c(C)nc2ccc(-c3ccn4nc(N[C@H]5C[C@H](N)C5)ncc34)nc21. The number of nitrogens with zero attached hydrogens (tertiary/aromatic N) is 6. The molecule has 0 aromatic carbocycles. The maximum Gasteiger partial charge on any atom is 0.241 e. The average molecular weight is 392 g/mol. The van der Waals surface area contributed by atoms with Gasteiger partial charge in [-0.3, -0.25) is 0 Å². The van der Waals surface area contributed by atoms with E-state index in [2.05, 4.69) is 25.0 Å². The molecule has 0 atom stereocenters. The predicted octanol–water partition coefficient (Wildman–Crippen LogP) is 2.00. The summed E-state index contributed by atoms with van der Waals surface area (Å²) in [6.07, 6.45) is 5.68. The molecule has 0 aliphatic heterocycles. The monoisotopic (exact) mass is 392 g/mol. The summed E-state index contributed by atoms with van der Waals surface area (Å²) in [6, 6.07) is 6.67. The summed E-state index contributed by atoms with van der Waals surface area (Å²) in [6.45, 7) is 3.32. The third-order valence-corrected chi connectivity index (χ3v) is 5.50. The van der Waals surface area contributed by atoms with E-state index in [9.17, 15) is 0 Å². The Kier molecular flexibility index (Phi) is 4.40. The van der Waals surface area contributed by atoms with E-state index in [1.54, 1.807) is 7.11 Å². The molecule has 1 aliphatic rings. The van der Waals surface area contributed by atoms with Gasteiger partial charge >= 0.3 is 0 Å². The Morgan fingerprint density at radius 1 is 1.24 bits per heavy atom. The minimum Gasteiger partial charge on any atom is -0.383 e. The highest BCUT2D eigenvalue weighted by Crippen LogP contribution is 2.27. The highest BCUT2D eigenvalue weighted by atomic mass is 16.5. The first-order valence-corrected chi connectivity index (χ1v) is 9.82. The molecule has 5 rings (SSSR count). The molecule has 1 fully saturated rings. The van der Waals surface area contributed by atoms with Crippen molar-refractivity contribution in [3.8, 4) is 11.3 Å². The minimum absolute atomic E-state index is 0.288. The molecule has 1 aliphatic carbocycles. The molecule has 9 heteroatoms. The first-order valence-electron chi connectivity index (χ1n) is 9.82. The van der Waals surface area contributed by atoms with Gasteiger partial charge in [0.05, 0.1) is 24.0 Å². The predicted molar refractivity (Wildman–Crippen MR) is 111 cm³/mol. The molecule has 9 nitrogen and oxygen atoms in total. The number of imidazole rings is 1. The van der Waals surface area contributed by atoms with E-state index in [4.69, 9.17) is 15.5 Å². The Bertz CT molecular complexity index is 1170. The van der Waals surface area contributed by atoms with Crippen LogP contribution in [-0.4, -0.2) is 54.9 Å². The topological polar surface area (TPSA) is 108 Å². The maximum atomic E-state index is 5.85. The molecular formula is C20H24N8O. The van der Waals surface area contributed by atoms with Crippen molar-refractivity contribution < 1.29 is 4.74 Å². The van der Waals surface area contributed by atoms with E-state index >= 15 is 0 Å². The third kappa shape index (κ3) is 3.22. The normalized spacial score (nSPS) is 19.0. The molecular weight excluding hydrogens is 368 g/mol. The highest BCUT2D eigenvalue weighted by molar-refractivity contribution is 5.82. The van der Waals surface area contributed by atoms with Crippen molar-refractivity contribution in [2.45, 2.75) is 38.4 Å². The van der Waals surface area contributed by atoms with Crippen molar-refractivity contribution in [1.82, 2.24) is 29.1 Å². The Hall–Kier alpha value is -3.04. The number of ether oxygens (including phenoxy) is 1. The summed E-state index contributed by atoms with van der Waals surface area (Å²) < 4.78 is 9.15. The van der Waals surface area contributed by atoms with Gasteiger partial charge in [0.1, 0.15) is 11.3 Å². The number of nitrogens with two attached hydrogens (primary N) is 1. The number of fused-ring (bicyclic) bond motifs is 2. The Labute approximate surface area is 167 Å². The molecule has 29 heavy (non-hydrogen) atoms. The number of nitrogens with one attached hydrogen (secondary N) is 1. The van der Waals surface area contributed by atoms with Crippen LogP contribution in [0.4, 0.5) is 5.95 Å². The highest BCUT2D eigenvalue weighted by Gasteiger charge is 2.26. The zero-order chi connectivity index (χ0) is 20.0. The molecule has 3 N–H and O–H groups in total. The fourth-order valence-electron chi connectivity index (χ4n) is 3.86. The van der Waals surface area contributed by atoms with Gasteiger partial charge in [-0.25, -0.2) is 19.5 Å². The summed E-state index contributed by atoms with van der Waals surface area (Å²) in [5.41, 5.74) is 10.4. The standard InChI is InChI=1S/C20H24N8O/c1-12-23-17-4-3-16(25-19(17)27(12)7-8-29-2)15-5-6-28-18(15)11-22-20(26-28)24-14-9-13(21)10-14/h3-6,11,13-14H,7-10,21H2,1-2H3,(H,24,26)/t13-,14-. The van der Waals surface area contributed by atoms with Crippen molar-refractivity contribution in [2.24, 2.45) is 5.73 Å². The number of aryl methyl sites for hydroxylation is 1. The van der Waals surface area contributed by atoms with Gasteiger partial charge < -0.3 is 20.4 Å². The number of hydrogen-bond acceptors (Lipinski definition) is 7. The van der Waals surface area contributed by atoms with Crippen molar-refractivity contribution in [3.63, 3.8) is 0 Å². The molecule has 0 spiro atoms. The summed E-state index contributed by atoms with van der Waals surface area (Å²) >= 11 is 0. The number of methoxy groups -OCH3 is 1. The summed E-state index contributed by atoms with van der Waals surface area (Å²) in [4.78, 5) is 14.0. The van der Waals surface area contributed by atoms with Crippen LogP contribution < -0.4 is 11.1 Å². The lowest BCUT2D eigenvalue weighted by atomic mass is 9.88. The van der Waals surface area contributed by atoms with E-state index in [0.717, 1.165) is 53.1 Å². The van der Waals surface area contributed by atoms with E-state index in [1.807, 2.05) is 42.0 Å². The van der Waals surface area contributed by atoms with Gasteiger partial charge in [0, 0.05) is 37.5 Å². The zero-order valence-electron chi connectivity index (χ0n) is 16.5. The van der Waals surface area contributed by atoms with Crippen LogP contribution in [0.3, 0.4) is 0 Å². The molecule has 0 amide bonds. The molecule has 0 saturated heterocycles. The second kappa shape index (κ2) is 7.09. The number of pyridine rings is 1. The van der Waals surface area contributed by atoms with E-state index in [0.29, 0.717) is 18.6 Å². The van der Waals surface area contributed by atoms with Gasteiger partial charge in [0.25, 0.3) is 0 Å². The van der Waals surface area contributed by atoms with E-state index in [1.165, 1.54) is 0 Å². The first kappa shape index (κ1) is 18.0. The van der Waals surface area contributed by atoms with Crippen LogP contribution in [0.5, 0.6) is 0 Å². The molecule has 150 valence electrons. The van der Waals surface area contributed by atoms with Crippen LogP contribution in [0, 0.1) is 6.92 Å². The van der Waals surface area contributed by atoms with Crippen molar-refractivity contribution in [3.05, 3.63) is 36.4 Å². The Morgan fingerprint density at radius 3 is 2.90 bits per heavy atom. The van der Waals surface area contributed by atoms with Crippen LogP contribution in [-0.2, 0) is 11.3 Å². The number of anilines is 1. The Balaban J connectivity index is 1.49. The van der Waals surface area contributed by atoms with Crippen LogP contribution in [0.25, 0.3) is 27.9 Å². The Morgan fingerprint density at radius 2 is 2.10 bits per heavy atom. The molecule has 0 radical (unpaired) electrons. The van der Waals surface area contributed by atoms with E-state index < -0.39 is 0 Å². The summed E-state index contributed by atoms with van der Waals surface area (Å²) in [5.74, 6) is 1.55. The number of rotatable bonds is 6. The van der Waals surface area contributed by atoms with Crippen LogP contribution >= 0.6 is 0 Å². The first-order chi connectivity index (χ1) is 14.1. The lowest BCUT2D eigenvalue weighted by molar-refractivity contribution is 0.187. The number of hydrogen-bond donors (Lipinski definition) is 2. The van der Waals surface area contributed by atoms with Gasteiger partial charge in [0.15, 0.2) is 5.65 Å². The van der Waals surface area contributed by atoms with Gasteiger partial charge in [-0.2, -0.15) is 0 Å². The lowest BCUT2D eigenvalue weighted by Crippen LogP contribution is -2.44. The molecule has 1 saturated carbocycles. The smallest absolute Gasteiger partial charge is 0.241 e. The lowest BCUT2D eigenvalue weighted by Gasteiger charge is -2.32. The quantitative estimate of drug-likeness (QED) is 0.517. The van der Waals surface area contributed by atoms with Gasteiger partial charge in [0.2, 0.25) is 5.95 Å². The summed E-state index contributed by atoms with van der Waals surface area (Å²) in [5, 5.41) is 7.93. The third-order valence-electron chi connectivity index (χ3n) is 5.50. The molecule has 4 aromatic heterocycles. The van der Waals surface area contributed by atoms with Crippen LogP contribution in [0.15, 0.2) is 30.6 Å². The maximum absolute atomic E-state index is 5.85. The van der Waals surface area contributed by atoms with Gasteiger partial charge in [-0.15, -0.1) is 5.10 Å². The molecule has 0 bridgehead atoms. The van der Waals surface area contributed by atoms with Crippen molar-refractivity contribution in [2.75, 3.05) is 19.0 Å². The van der Waals surface area contributed by atoms with Crippen molar-refractivity contribution in [1.29, 1.82) is 0 Å². The zero-order valence-corrected chi connectivity index (χ0v) is 16.5. The van der Waals surface area contributed by atoms with Crippen LogP contribution in [0.2, 0.25) is 0 Å². The molecule has 0 unspecified atom stereocenters. The minimum atomic E-state index is 0.288. The van der Waals surface area contributed by atoms with E-state index in [-0.39, 0.29) is 6.04 Å². The second-order valence-corrected chi connectivity index (χ2v) is 7.56. The summed E-state index contributed by atoms with van der Waals surface area (Å²) in [7, 11) is 1.70. The van der Waals surface area contributed by atoms with Gasteiger partial charge in [-0.05, 0) is 38.0 Å². The second-order valence-electron chi connectivity index (χ2n) is 7.56. The van der Waals surface area contributed by atoms with Gasteiger partial charge in [-0.1, -0.05) is 0 Å². The fraction of sp³-hybridized carbons (Fsp3) is 0.400. The number of aromatic nitrogens is 6. The van der Waals surface area contributed by atoms with Crippen molar-refractivity contribution >= 4 is 22.6 Å². The molecule has 4 aromatic rings. The molecule has 4 heterocycles.